The Morgan fingerprint density at radius 3 is 2.47 bits per heavy atom. The Bertz CT molecular complexity index is 1240. The van der Waals surface area contributed by atoms with Gasteiger partial charge in [-0.2, -0.15) is 8.42 Å². The zero-order valence-electron chi connectivity index (χ0n) is 19.3. The number of fused-ring (bicyclic) bond motifs is 1. The molecule has 172 valence electrons. The third-order valence-corrected chi connectivity index (χ3v) is 6.13. The average molecular weight is 459 g/mol. The van der Waals surface area contributed by atoms with Gasteiger partial charge in [0.05, 0.1) is 29.3 Å². The maximum absolute atomic E-state index is 12.8. The first-order chi connectivity index (χ1) is 15.0. The summed E-state index contributed by atoms with van der Waals surface area (Å²) >= 11 is 0. The molecule has 2 aromatic heterocycles. The van der Waals surface area contributed by atoms with E-state index in [0.717, 1.165) is 29.0 Å². The average Bonchev–Trinajstić information content (AvgIpc) is 2.98. The maximum atomic E-state index is 12.8. The molecule has 2 N–H and O–H groups in total. The molecule has 0 unspecified atom stereocenters. The molecule has 0 spiro atoms. The van der Waals surface area contributed by atoms with Gasteiger partial charge in [-0.05, 0) is 57.4 Å². The molecular weight excluding hydrogens is 428 g/mol. The van der Waals surface area contributed by atoms with Crippen LogP contribution in [0, 0.1) is 27.7 Å². The number of amides is 1. The van der Waals surface area contributed by atoms with Crippen LogP contribution in [0.5, 0.6) is 0 Å². The molecule has 9 heteroatoms. The molecule has 0 saturated carbocycles. The highest BCUT2D eigenvalue weighted by Crippen LogP contribution is 2.24. The van der Waals surface area contributed by atoms with Crippen LogP contribution in [-0.4, -0.2) is 42.6 Å². The van der Waals surface area contributed by atoms with Gasteiger partial charge < -0.3 is 15.0 Å². The van der Waals surface area contributed by atoms with Crippen molar-refractivity contribution in [1.82, 2.24) is 14.7 Å². The fraction of sp³-hybridized carbons (Fsp3) is 0.391. The van der Waals surface area contributed by atoms with E-state index in [1.165, 1.54) is 16.7 Å². The quantitative estimate of drug-likeness (QED) is 0.503. The number of rotatable bonds is 8. The molecule has 0 aliphatic rings. The van der Waals surface area contributed by atoms with E-state index in [0.29, 0.717) is 12.1 Å². The lowest BCUT2D eigenvalue weighted by molar-refractivity contribution is 0.0933. The number of carbonyl (C=O) groups is 1. The second kappa shape index (κ2) is 9.30. The van der Waals surface area contributed by atoms with Crippen LogP contribution in [0.25, 0.3) is 5.65 Å². The molecule has 0 bridgehead atoms. The van der Waals surface area contributed by atoms with Crippen molar-refractivity contribution in [1.29, 1.82) is 0 Å². The number of aromatic nitrogens is 2. The number of hydrogen-bond donors (Lipinski definition) is 2. The molecule has 2 heterocycles. The number of carbonyl (C=O) groups excluding carboxylic acids is 1. The normalized spacial score (nSPS) is 12.7. The molecule has 0 radical (unpaired) electrons. The first kappa shape index (κ1) is 23.7. The van der Waals surface area contributed by atoms with Crippen LogP contribution in [0.4, 0.5) is 5.69 Å². The van der Waals surface area contributed by atoms with Gasteiger partial charge in [0.15, 0.2) is 5.65 Å². The summed E-state index contributed by atoms with van der Waals surface area (Å²) in [5, 5.41) is 6.19. The maximum Gasteiger partial charge on any atom is 0.264 e. The molecule has 0 aliphatic carbocycles. The van der Waals surface area contributed by atoms with E-state index in [4.69, 9.17) is 4.18 Å². The van der Waals surface area contributed by atoms with Crippen LogP contribution in [0.15, 0.2) is 30.5 Å². The zero-order chi connectivity index (χ0) is 23.6. The first-order valence-electron chi connectivity index (χ1n) is 10.4. The van der Waals surface area contributed by atoms with Crippen molar-refractivity contribution >= 4 is 27.4 Å². The van der Waals surface area contributed by atoms with Crippen molar-refractivity contribution in [2.24, 2.45) is 0 Å². The van der Waals surface area contributed by atoms with Crippen LogP contribution in [0.2, 0.25) is 0 Å². The van der Waals surface area contributed by atoms with Crippen molar-refractivity contribution in [2.75, 3.05) is 18.1 Å². The van der Waals surface area contributed by atoms with Crippen LogP contribution in [-0.2, 0) is 20.8 Å². The van der Waals surface area contributed by atoms with E-state index in [1.807, 2.05) is 24.3 Å². The van der Waals surface area contributed by atoms with Gasteiger partial charge in [0, 0.05) is 25.0 Å². The van der Waals surface area contributed by atoms with Crippen LogP contribution in [0.1, 0.15) is 45.4 Å². The summed E-state index contributed by atoms with van der Waals surface area (Å²) < 4.78 is 29.3. The zero-order valence-corrected chi connectivity index (χ0v) is 20.1. The predicted octanol–water partition coefficient (Wildman–Crippen LogP) is 3.27. The fourth-order valence-corrected chi connectivity index (χ4v) is 4.27. The van der Waals surface area contributed by atoms with Crippen molar-refractivity contribution in [2.45, 2.75) is 47.3 Å². The minimum atomic E-state index is -3.59. The lowest BCUT2D eigenvalue weighted by atomic mass is 10.0. The summed E-state index contributed by atoms with van der Waals surface area (Å²) in [4.78, 5) is 17.5. The summed E-state index contributed by atoms with van der Waals surface area (Å²) in [5.41, 5.74) is 7.34. The Kier molecular flexibility index (Phi) is 6.90. The summed E-state index contributed by atoms with van der Waals surface area (Å²) in [6, 6.07) is 7.96. The van der Waals surface area contributed by atoms with Crippen LogP contribution in [0.3, 0.4) is 0 Å². The Balaban J connectivity index is 1.88. The largest absolute Gasteiger partial charge is 0.378 e. The third kappa shape index (κ3) is 5.46. The smallest absolute Gasteiger partial charge is 0.264 e. The summed E-state index contributed by atoms with van der Waals surface area (Å²) in [5.74, 6) is -0.322. The van der Waals surface area contributed by atoms with E-state index >= 15 is 0 Å². The van der Waals surface area contributed by atoms with Crippen LogP contribution < -0.4 is 10.6 Å². The predicted molar refractivity (Wildman–Crippen MR) is 126 cm³/mol. The molecular formula is C23H30N4O4S. The van der Waals surface area contributed by atoms with Crippen molar-refractivity contribution in [3.05, 3.63) is 64.1 Å². The van der Waals surface area contributed by atoms with E-state index in [9.17, 15) is 13.2 Å². The van der Waals surface area contributed by atoms with E-state index in [2.05, 4.69) is 41.6 Å². The standard InChI is InChI=1S/C23H30N4O4S/c1-14-8-7-9-15(2)20(14)12-24-21-10-19(13-27-18(5)17(4)26-22(21)27)23(28)25-11-16(3)31-32(6,29)30/h7-10,13,16,24H,11-12H2,1-6H3,(H,25,28)/t16-/m0/s1. The highest BCUT2D eigenvalue weighted by Gasteiger charge is 2.17. The van der Waals surface area contributed by atoms with E-state index in [-0.39, 0.29) is 12.5 Å². The fourth-order valence-electron chi connectivity index (χ4n) is 3.61. The Labute approximate surface area is 189 Å². The number of nitrogens with zero attached hydrogens (tertiary/aromatic N) is 2. The molecule has 8 nitrogen and oxygen atoms in total. The minimum absolute atomic E-state index is 0.0665. The third-order valence-electron chi connectivity index (χ3n) is 5.45. The highest BCUT2D eigenvalue weighted by atomic mass is 32.2. The van der Waals surface area contributed by atoms with E-state index in [1.54, 1.807) is 19.2 Å². The number of imidazole rings is 1. The molecule has 0 aliphatic heterocycles. The van der Waals surface area contributed by atoms with E-state index < -0.39 is 16.2 Å². The van der Waals surface area contributed by atoms with Gasteiger partial charge in [-0.3, -0.25) is 8.98 Å². The molecule has 0 fully saturated rings. The lowest BCUT2D eigenvalue weighted by Crippen LogP contribution is -2.33. The monoisotopic (exact) mass is 458 g/mol. The summed E-state index contributed by atoms with van der Waals surface area (Å²) in [7, 11) is -3.59. The lowest BCUT2D eigenvalue weighted by Gasteiger charge is -2.15. The SMILES string of the molecule is Cc1cccc(C)c1CNc1cc(C(=O)NC[C@H](C)OS(C)(=O)=O)cn2c(C)c(C)nc12. The molecule has 1 atom stereocenters. The number of hydrogen-bond acceptors (Lipinski definition) is 6. The van der Waals surface area contributed by atoms with Gasteiger partial charge in [-0.15, -0.1) is 0 Å². The van der Waals surface area contributed by atoms with Gasteiger partial charge in [-0.25, -0.2) is 4.98 Å². The number of pyridine rings is 1. The second-order valence-electron chi connectivity index (χ2n) is 8.16. The first-order valence-corrected chi connectivity index (χ1v) is 12.2. The van der Waals surface area contributed by atoms with Gasteiger partial charge in [0.25, 0.3) is 16.0 Å². The number of anilines is 1. The van der Waals surface area contributed by atoms with Crippen molar-refractivity contribution in [3.63, 3.8) is 0 Å². The molecule has 0 saturated heterocycles. The van der Waals surface area contributed by atoms with Gasteiger partial charge in [0.1, 0.15) is 0 Å². The van der Waals surface area contributed by atoms with Crippen molar-refractivity contribution < 1.29 is 17.4 Å². The minimum Gasteiger partial charge on any atom is -0.378 e. The second-order valence-corrected chi connectivity index (χ2v) is 9.76. The van der Waals surface area contributed by atoms with Gasteiger partial charge >= 0.3 is 0 Å². The molecule has 32 heavy (non-hydrogen) atoms. The Morgan fingerprint density at radius 1 is 1.19 bits per heavy atom. The molecule has 1 amide bonds. The molecule has 3 aromatic rings. The summed E-state index contributed by atoms with van der Waals surface area (Å²) in [6.07, 6.45) is 2.06. The number of nitrogens with one attached hydrogen (secondary N) is 2. The van der Waals surface area contributed by atoms with Gasteiger partial charge in [0.2, 0.25) is 0 Å². The topological polar surface area (TPSA) is 102 Å². The van der Waals surface area contributed by atoms with Crippen LogP contribution >= 0.6 is 0 Å². The Hall–Kier alpha value is -2.91. The van der Waals surface area contributed by atoms with Gasteiger partial charge in [-0.1, -0.05) is 18.2 Å². The molecule has 3 rings (SSSR count). The number of aryl methyl sites for hydroxylation is 4. The number of benzene rings is 1. The summed E-state index contributed by atoms with van der Waals surface area (Å²) in [6.45, 7) is 10.3. The Morgan fingerprint density at radius 2 is 1.84 bits per heavy atom. The van der Waals surface area contributed by atoms with Crippen molar-refractivity contribution in [3.8, 4) is 0 Å². The molecule has 1 aromatic carbocycles. The highest BCUT2D eigenvalue weighted by molar-refractivity contribution is 7.86.